The summed E-state index contributed by atoms with van der Waals surface area (Å²) < 4.78 is 27.4. The van der Waals surface area contributed by atoms with Crippen LogP contribution in [0.2, 0.25) is 0 Å². The molecule has 9 nitrogen and oxygen atoms in total. The van der Waals surface area contributed by atoms with E-state index in [1.165, 1.54) is 6.07 Å². The molecule has 3 aliphatic rings. The molecule has 2 aromatic rings. The van der Waals surface area contributed by atoms with Gasteiger partial charge in [0.05, 0.1) is 17.5 Å². The van der Waals surface area contributed by atoms with Gasteiger partial charge >= 0.3 is 0 Å². The number of hydrogen-bond acceptors (Lipinski definition) is 8. The first-order chi connectivity index (χ1) is 15.8. The first-order valence-electron chi connectivity index (χ1n) is 10.6. The number of nitrogens with two attached hydrogens (primary N) is 1. The normalized spacial score (nSPS) is 21.3. The largest absolute Gasteiger partial charge is 0.383 e. The van der Waals surface area contributed by atoms with E-state index in [2.05, 4.69) is 32.6 Å². The SMILES string of the molecule is CCCCC1=NC(c2nc(N)c3c(n2)NC(=O)C3(C)c2ccc(F)c(F)c2)=CN2NCN=C12. The van der Waals surface area contributed by atoms with E-state index in [0.29, 0.717) is 17.9 Å². The Morgan fingerprint density at radius 3 is 2.82 bits per heavy atom. The number of amides is 1. The molecule has 170 valence electrons. The topological polar surface area (TPSA) is 121 Å². The maximum atomic E-state index is 13.9. The molecule has 0 spiro atoms. The number of carbonyl (C=O) groups is 1. The van der Waals surface area contributed by atoms with Crippen molar-refractivity contribution < 1.29 is 13.6 Å². The average molecular weight is 452 g/mol. The third kappa shape index (κ3) is 3.27. The fourth-order valence-corrected chi connectivity index (χ4v) is 4.25. The van der Waals surface area contributed by atoms with Gasteiger partial charge in [0.15, 0.2) is 23.3 Å². The highest BCUT2D eigenvalue weighted by atomic mass is 19.2. The van der Waals surface area contributed by atoms with Crippen LogP contribution in [0.25, 0.3) is 5.70 Å². The second-order valence-electron chi connectivity index (χ2n) is 8.21. The number of halogens is 2. The Bertz CT molecular complexity index is 1270. The Morgan fingerprint density at radius 2 is 2.06 bits per heavy atom. The summed E-state index contributed by atoms with van der Waals surface area (Å²) in [5.41, 5.74) is 9.92. The van der Waals surface area contributed by atoms with Crippen LogP contribution < -0.4 is 16.5 Å². The average Bonchev–Trinajstić information content (AvgIpc) is 3.37. The summed E-state index contributed by atoms with van der Waals surface area (Å²) in [6.07, 6.45) is 4.44. The van der Waals surface area contributed by atoms with Crippen molar-refractivity contribution >= 4 is 34.8 Å². The predicted octanol–water partition coefficient (Wildman–Crippen LogP) is 2.71. The molecule has 0 radical (unpaired) electrons. The Hall–Kier alpha value is -3.73. The highest BCUT2D eigenvalue weighted by Gasteiger charge is 2.48. The molecule has 0 fully saturated rings. The smallest absolute Gasteiger partial charge is 0.240 e. The molecule has 1 aromatic heterocycles. The number of unbranched alkanes of at least 4 members (excludes halogenated alkanes) is 1. The van der Waals surface area contributed by atoms with Crippen LogP contribution in [0.3, 0.4) is 0 Å². The molecule has 33 heavy (non-hydrogen) atoms. The number of nitrogens with zero attached hydrogens (tertiary/aromatic N) is 5. The first kappa shape index (κ1) is 21.1. The van der Waals surface area contributed by atoms with Gasteiger partial charge in [0.2, 0.25) is 5.91 Å². The lowest BCUT2D eigenvalue weighted by molar-refractivity contribution is -0.119. The summed E-state index contributed by atoms with van der Waals surface area (Å²) in [6, 6.07) is 3.33. The Labute approximate surface area is 188 Å². The molecule has 4 heterocycles. The second kappa shape index (κ2) is 7.69. The lowest BCUT2D eigenvalue weighted by Crippen LogP contribution is -2.38. The molecule has 0 bridgehead atoms. The molecular formula is C22H22F2N8O. The third-order valence-corrected chi connectivity index (χ3v) is 6.08. The zero-order valence-corrected chi connectivity index (χ0v) is 18.1. The number of fused-ring (bicyclic) bond motifs is 2. The lowest BCUT2D eigenvalue weighted by atomic mass is 9.77. The van der Waals surface area contributed by atoms with E-state index in [-0.39, 0.29) is 23.0 Å². The number of amidine groups is 1. The van der Waals surface area contributed by atoms with Crippen molar-refractivity contribution in [3.05, 3.63) is 53.0 Å². The fraction of sp³-hybridized carbons (Fsp3) is 0.318. The Balaban J connectivity index is 1.58. The van der Waals surface area contributed by atoms with Gasteiger partial charge in [0.25, 0.3) is 0 Å². The maximum Gasteiger partial charge on any atom is 0.240 e. The van der Waals surface area contributed by atoms with Gasteiger partial charge in [0, 0.05) is 0 Å². The second-order valence-corrected chi connectivity index (χ2v) is 8.21. The number of anilines is 2. The number of hydrazine groups is 1. The zero-order valence-electron chi connectivity index (χ0n) is 18.1. The van der Waals surface area contributed by atoms with Crippen molar-refractivity contribution in [2.75, 3.05) is 17.7 Å². The molecule has 0 saturated heterocycles. The molecule has 0 saturated carbocycles. The van der Waals surface area contributed by atoms with Gasteiger partial charge in [-0.1, -0.05) is 19.4 Å². The third-order valence-electron chi connectivity index (χ3n) is 6.08. The van der Waals surface area contributed by atoms with Crippen LogP contribution in [0.15, 0.2) is 34.4 Å². The molecule has 4 N–H and O–H groups in total. The van der Waals surface area contributed by atoms with Crippen molar-refractivity contribution in [2.45, 2.75) is 38.5 Å². The Kier molecular flexibility index (Phi) is 4.93. The molecule has 3 aliphatic heterocycles. The molecule has 1 amide bonds. The van der Waals surface area contributed by atoms with Crippen molar-refractivity contribution in [2.24, 2.45) is 9.98 Å². The molecule has 1 aromatic carbocycles. The molecular weight excluding hydrogens is 430 g/mol. The number of aromatic nitrogens is 2. The summed E-state index contributed by atoms with van der Waals surface area (Å²) >= 11 is 0. The van der Waals surface area contributed by atoms with E-state index >= 15 is 0 Å². The number of nitrogen functional groups attached to an aromatic ring is 1. The zero-order chi connectivity index (χ0) is 23.3. The minimum absolute atomic E-state index is 0.0561. The van der Waals surface area contributed by atoms with Crippen LogP contribution in [-0.2, 0) is 10.2 Å². The van der Waals surface area contributed by atoms with E-state index in [9.17, 15) is 13.6 Å². The number of hydrogen-bond donors (Lipinski definition) is 3. The van der Waals surface area contributed by atoms with Crippen molar-refractivity contribution in [1.82, 2.24) is 20.4 Å². The summed E-state index contributed by atoms with van der Waals surface area (Å²) in [5.74, 6) is -1.23. The maximum absolute atomic E-state index is 13.9. The van der Waals surface area contributed by atoms with E-state index < -0.39 is 23.0 Å². The van der Waals surface area contributed by atoms with Gasteiger partial charge in [-0.3, -0.25) is 9.80 Å². The van der Waals surface area contributed by atoms with E-state index in [1.54, 1.807) is 18.1 Å². The monoisotopic (exact) mass is 452 g/mol. The molecule has 5 rings (SSSR count). The molecule has 11 heteroatoms. The molecule has 1 atom stereocenters. The van der Waals surface area contributed by atoms with Crippen LogP contribution in [0.5, 0.6) is 0 Å². The van der Waals surface area contributed by atoms with Gasteiger partial charge in [-0.25, -0.2) is 34.2 Å². The summed E-state index contributed by atoms with van der Waals surface area (Å²) in [4.78, 5) is 31.1. The van der Waals surface area contributed by atoms with Crippen LogP contribution in [-0.4, -0.2) is 39.1 Å². The van der Waals surface area contributed by atoms with Crippen molar-refractivity contribution in [3.8, 4) is 0 Å². The van der Waals surface area contributed by atoms with Gasteiger partial charge in [-0.2, -0.15) is 0 Å². The van der Waals surface area contributed by atoms with E-state index in [4.69, 9.17) is 10.7 Å². The highest BCUT2D eigenvalue weighted by Crippen LogP contribution is 2.45. The number of aliphatic imine (C=N–C) groups is 2. The number of nitrogens with one attached hydrogen (secondary N) is 2. The summed E-state index contributed by atoms with van der Waals surface area (Å²) in [5, 5.41) is 4.50. The van der Waals surface area contributed by atoms with Gasteiger partial charge in [-0.05, 0) is 37.5 Å². The van der Waals surface area contributed by atoms with E-state index in [0.717, 1.165) is 42.9 Å². The minimum Gasteiger partial charge on any atom is -0.383 e. The number of carbonyl (C=O) groups excluding carboxylic acids is 1. The van der Waals surface area contributed by atoms with Crippen LogP contribution in [0.4, 0.5) is 20.4 Å². The van der Waals surface area contributed by atoms with Crippen LogP contribution in [0, 0.1) is 11.6 Å². The van der Waals surface area contributed by atoms with Crippen molar-refractivity contribution in [1.29, 1.82) is 0 Å². The molecule has 0 aliphatic carbocycles. The predicted molar refractivity (Wildman–Crippen MR) is 120 cm³/mol. The fourth-order valence-electron chi connectivity index (χ4n) is 4.25. The van der Waals surface area contributed by atoms with Gasteiger partial charge in [0.1, 0.15) is 29.4 Å². The quantitative estimate of drug-likeness (QED) is 0.642. The van der Waals surface area contributed by atoms with Gasteiger partial charge < -0.3 is 11.1 Å². The highest BCUT2D eigenvalue weighted by molar-refractivity contribution is 6.43. The minimum atomic E-state index is -1.38. The van der Waals surface area contributed by atoms with Gasteiger partial charge in [-0.15, -0.1) is 0 Å². The van der Waals surface area contributed by atoms with Crippen LogP contribution in [0.1, 0.15) is 50.1 Å². The van der Waals surface area contributed by atoms with E-state index in [1.807, 2.05) is 0 Å². The van der Waals surface area contributed by atoms with Crippen molar-refractivity contribution in [3.63, 3.8) is 0 Å². The number of benzene rings is 1. The molecule has 1 unspecified atom stereocenters. The summed E-state index contributed by atoms with van der Waals surface area (Å²) in [6.45, 7) is 4.13. The standard InChI is InChI=1S/C22H22F2N8O/c1-3-4-5-14-20-26-10-27-32(20)9-15(28-14)18-29-17(25)16-19(30-18)31-21(33)22(16,2)11-6-7-12(23)13(24)8-11/h6-9,27H,3-5,10H2,1-2H3,(H3,25,29,30,31,33). The summed E-state index contributed by atoms with van der Waals surface area (Å²) in [7, 11) is 0. The lowest BCUT2D eigenvalue weighted by Gasteiger charge is -2.24. The first-order valence-corrected chi connectivity index (χ1v) is 10.6. The Morgan fingerprint density at radius 1 is 1.24 bits per heavy atom. The van der Waals surface area contributed by atoms with Crippen LogP contribution >= 0.6 is 0 Å². The number of rotatable bonds is 5.